The lowest BCUT2D eigenvalue weighted by Crippen LogP contribution is -2.41. The number of rotatable bonds is 6. The highest BCUT2D eigenvalue weighted by molar-refractivity contribution is 5.14. The summed E-state index contributed by atoms with van der Waals surface area (Å²) < 4.78 is 0. The first-order valence-corrected chi connectivity index (χ1v) is 9.28. The molecule has 2 nitrogen and oxygen atoms in total. The van der Waals surface area contributed by atoms with Gasteiger partial charge in [0.1, 0.15) is 0 Å². The maximum absolute atomic E-state index is 2.74. The minimum Gasteiger partial charge on any atom is -0.303 e. The van der Waals surface area contributed by atoms with Crippen molar-refractivity contribution in [3.8, 4) is 0 Å². The Hall–Kier alpha value is -0.860. The topological polar surface area (TPSA) is 6.48 Å². The maximum Gasteiger partial charge on any atom is 0.0233 e. The molecule has 1 aromatic rings. The molecule has 0 amide bonds. The number of unbranched alkanes of at least 4 members (excludes halogenated alkanes) is 2. The third-order valence-electron chi connectivity index (χ3n) is 5.76. The van der Waals surface area contributed by atoms with Gasteiger partial charge in [0.05, 0.1) is 0 Å². The van der Waals surface area contributed by atoms with Gasteiger partial charge < -0.3 is 4.90 Å². The van der Waals surface area contributed by atoms with E-state index in [1.54, 1.807) is 0 Å². The molecule has 0 radical (unpaired) electrons. The van der Waals surface area contributed by atoms with Gasteiger partial charge in [-0.3, -0.25) is 4.90 Å². The van der Waals surface area contributed by atoms with Crippen LogP contribution >= 0.6 is 0 Å². The van der Waals surface area contributed by atoms with E-state index in [1.165, 1.54) is 76.8 Å². The minimum atomic E-state index is 0.652. The second kappa shape index (κ2) is 7.61. The number of piperidine rings is 1. The fourth-order valence-corrected chi connectivity index (χ4v) is 4.24. The average Bonchev–Trinajstić information content (AvgIpc) is 2.94. The lowest BCUT2D eigenvalue weighted by atomic mass is 9.77. The molecule has 0 saturated carbocycles. The van der Waals surface area contributed by atoms with Crippen LogP contribution in [0.3, 0.4) is 0 Å². The average molecular weight is 300 g/mol. The van der Waals surface area contributed by atoms with Crippen molar-refractivity contribution >= 4 is 0 Å². The molecule has 1 aromatic carbocycles. The van der Waals surface area contributed by atoms with Gasteiger partial charge >= 0.3 is 0 Å². The van der Waals surface area contributed by atoms with Gasteiger partial charge in [0, 0.05) is 13.1 Å². The second-order valence-corrected chi connectivity index (χ2v) is 7.50. The molecule has 0 aromatic heterocycles. The molecule has 2 saturated heterocycles. The highest BCUT2D eigenvalue weighted by Gasteiger charge is 2.39. The number of benzene rings is 1. The lowest BCUT2D eigenvalue weighted by Gasteiger charge is -2.39. The summed E-state index contributed by atoms with van der Waals surface area (Å²) in [6, 6.07) is 10.9. The Morgan fingerprint density at radius 2 is 1.59 bits per heavy atom. The molecule has 1 spiro atoms. The zero-order chi connectivity index (χ0) is 15.3. The number of hydrogen-bond donors (Lipinski definition) is 0. The van der Waals surface area contributed by atoms with E-state index in [2.05, 4.69) is 47.1 Å². The van der Waals surface area contributed by atoms with Crippen LogP contribution < -0.4 is 0 Å². The van der Waals surface area contributed by atoms with Crippen LogP contribution in [-0.2, 0) is 6.54 Å². The Morgan fingerprint density at radius 1 is 0.909 bits per heavy atom. The monoisotopic (exact) mass is 300 g/mol. The Labute approximate surface area is 136 Å². The van der Waals surface area contributed by atoms with Crippen molar-refractivity contribution in [3.05, 3.63) is 35.9 Å². The third kappa shape index (κ3) is 4.11. The minimum absolute atomic E-state index is 0.652. The van der Waals surface area contributed by atoms with Gasteiger partial charge in [-0.2, -0.15) is 0 Å². The third-order valence-corrected chi connectivity index (χ3v) is 5.76. The second-order valence-electron chi connectivity index (χ2n) is 7.50. The van der Waals surface area contributed by atoms with Crippen LogP contribution in [-0.4, -0.2) is 42.5 Å². The molecule has 0 atom stereocenters. The van der Waals surface area contributed by atoms with Crippen LogP contribution in [0, 0.1) is 5.41 Å². The van der Waals surface area contributed by atoms with Gasteiger partial charge in [0.25, 0.3) is 0 Å². The van der Waals surface area contributed by atoms with Gasteiger partial charge in [-0.1, -0.05) is 50.1 Å². The SMILES string of the molecule is CCCCCN1CCC2(CCN(Cc3ccccc3)CC2)C1. The highest BCUT2D eigenvalue weighted by Crippen LogP contribution is 2.40. The predicted molar refractivity (Wildman–Crippen MR) is 94.0 cm³/mol. The standard InChI is InChI=1S/C20H32N2/c1-2-3-7-13-22-16-12-20(18-22)10-14-21(15-11-20)17-19-8-5-4-6-9-19/h4-6,8-9H,2-3,7,10-18H2,1H3. The molecule has 2 heterocycles. The van der Waals surface area contributed by atoms with Crippen molar-refractivity contribution in [2.24, 2.45) is 5.41 Å². The highest BCUT2D eigenvalue weighted by atomic mass is 15.2. The predicted octanol–water partition coefficient (Wildman–Crippen LogP) is 4.16. The van der Waals surface area contributed by atoms with Crippen LogP contribution in [0.25, 0.3) is 0 Å². The molecule has 2 aliphatic rings. The van der Waals surface area contributed by atoms with E-state index in [0.717, 1.165) is 6.54 Å². The molecule has 0 bridgehead atoms. The molecule has 0 aliphatic carbocycles. The van der Waals surface area contributed by atoms with Gasteiger partial charge in [-0.15, -0.1) is 0 Å². The van der Waals surface area contributed by atoms with Gasteiger partial charge in [0.15, 0.2) is 0 Å². The quantitative estimate of drug-likeness (QED) is 0.728. The number of likely N-dealkylation sites (tertiary alicyclic amines) is 2. The lowest BCUT2D eigenvalue weighted by molar-refractivity contribution is 0.102. The molecule has 0 N–H and O–H groups in total. The van der Waals surface area contributed by atoms with Crippen molar-refractivity contribution in [3.63, 3.8) is 0 Å². The molecule has 2 heteroatoms. The fraction of sp³-hybridized carbons (Fsp3) is 0.700. The van der Waals surface area contributed by atoms with Gasteiger partial charge in [-0.05, 0) is 62.8 Å². The van der Waals surface area contributed by atoms with E-state index in [4.69, 9.17) is 0 Å². The number of nitrogens with zero attached hydrogens (tertiary/aromatic N) is 2. The van der Waals surface area contributed by atoms with Crippen molar-refractivity contribution in [2.75, 3.05) is 32.7 Å². The first kappa shape index (κ1) is 16.0. The molecule has 3 rings (SSSR count). The van der Waals surface area contributed by atoms with E-state index in [1.807, 2.05) is 0 Å². The van der Waals surface area contributed by atoms with E-state index in [0.29, 0.717) is 5.41 Å². The van der Waals surface area contributed by atoms with Crippen LogP contribution in [0.4, 0.5) is 0 Å². The summed E-state index contributed by atoms with van der Waals surface area (Å²) in [6.07, 6.45) is 8.39. The van der Waals surface area contributed by atoms with Crippen molar-refractivity contribution in [2.45, 2.75) is 52.0 Å². The molecule has 2 fully saturated rings. The van der Waals surface area contributed by atoms with Gasteiger partial charge in [0.2, 0.25) is 0 Å². The zero-order valence-corrected chi connectivity index (χ0v) is 14.3. The summed E-state index contributed by atoms with van der Waals surface area (Å²) >= 11 is 0. The normalized spacial score (nSPS) is 22.4. The molecular formula is C20H32N2. The van der Waals surface area contributed by atoms with Crippen molar-refractivity contribution in [1.29, 1.82) is 0 Å². The summed E-state index contributed by atoms with van der Waals surface area (Å²) in [5, 5.41) is 0. The van der Waals surface area contributed by atoms with E-state index >= 15 is 0 Å². The van der Waals surface area contributed by atoms with Crippen LogP contribution in [0.15, 0.2) is 30.3 Å². The summed E-state index contributed by atoms with van der Waals surface area (Å²) in [7, 11) is 0. The van der Waals surface area contributed by atoms with Gasteiger partial charge in [-0.25, -0.2) is 0 Å². The summed E-state index contributed by atoms with van der Waals surface area (Å²) in [4.78, 5) is 5.39. The summed E-state index contributed by atoms with van der Waals surface area (Å²) in [5.74, 6) is 0. The molecule has 122 valence electrons. The molecule has 0 unspecified atom stereocenters. The van der Waals surface area contributed by atoms with E-state index in [-0.39, 0.29) is 0 Å². The molecular weight excluding hydrogens is 268 g/mol. The van der Waals surface area contributed by atoms with E-state index in [9.17, 15) is 0 Å². The Balaban J connectivity index is 1.43. The Bertz CT molecular complexity index is 434. The number of hydrogen-bond acceptors (Lipinski definition) is 2. The van der Waals surface area contributed by atoms with Crippen molar-refractivity contribution in [1.82, 2.24) is 9.80 Å². The molecule has 22 heavy (non-hydrogen) atoms. The maximum atomic E-state index is 2.74. The summed E-state index contributed by atoms with van der Waals surface area (Å²) in [6.45, 7) is 10.1. The van der Waals surface area contributed by atoms with Crippen molar-refractivity contribution < 1.29 is 0 Å². The largest absolute Gasteiger partial charge is 0.303 e. The zero-order valence-electron chi connectivity index (χ0n) is 14.3. The Kier molecular flexibility index (Phi) is 5.54. The fourth-order valence-electron chi connectivity index (χ4n) is 4.24. The summed E-state index contributed by atoms with van der Waals surface area (Å²) in [5.41, 5.74) is 2.12. The van der Waals surface area contributed by atoms with E-state index < -0.39 is 0 Å². The van der Waals surface area contributed by atoms with Crippen LogP contribution in [0.1, 0.15) is 51.0 Å². The Morgan fingerprint density at radius 3 is 2.27 bits per heavy atom. The first-order chi connectivity index (χ1) is 10.8. The molecule has 2 aliphatic heterocycles. The first-order valence-electron chi connectivity index (χ1n) is 9.28. The van der Waals surface area contributed by atoms with Crippen LogP contribution in [0.2, 0.25) is 0 Å². The van der Waals surface area contributed by atoms with Crippen LogP contribution in [0.5, 0.6) is 0 Å². The smallest absolute Gasteiger partial charge is 0.0233 e.